The van der Waals surface area contributed by atoms with Crippen molar-refractivity contribution in [3.05, 3.63) is 63.9 Å². The molecule has 0 saturated carbocycles. The second-order valence-corrected chi connectivity index (χ2v) is 4.88. The molecule has 1 amide bonds. The van der Waals surface area contributed by atoms with Gasteiger partial charge in [0, 0.05) is 6.20 Å². The first-order valence-corrected chi connectivity index (χ1v) is 6.65. The monoisotopic (exact) mass is 310 g/mol. The van der Waals surface area contributed by atoms with E-state index in [0.29, 0.717) is 0 Å². The summed E-state index contributed by atoms with van der Waals surface area (Å²) in [6.45, 7) is -0.204. The number of rotatable bonds is 4. The van der Waals surface area contributed by atoms with E-state index in [1.165, 1.54) is 12.3 Å². The minimum Gasteiger partial charge on any atom is -0.394 e. The lowest BCUT2D eigenvalue weighted by atomic mass is 10.1. The summed E-state index contributed by atoms with van der Waals surface area (Å²) >= 11 is 11.5. The molecule has 6 heteroatoms. The standard InChI is InChI=1S/C14H12Cl2N2O2/c15-11-6-10(7-17-13(11)16)14(20)18-12(8-19)9-4-2-1-3-5-9/h1-7,12,19H,8H2,(H,18,20)/t12-/m0/s1. The summed E-state index contributed by atoms with van der Waals surface area (Å²) in [4.78, 5) is 15.9. The summed E-state index contributed by atoms with van der Waals surface area (Å²) in [6.07, 6.45) is 1.34. The van der Waals surface area contributed by atoms with Gasteiger partial charge in [0.05, 0.1) is 23.2 Å². The second kappa shape index (κ2) is 6.70. The third-order valence-electron chi connectivity index (χ3n) is 2.75. The lowest BCUT2D eigenvalue weighted by molar-refractivity contribution is 0.0916. The number of halogens is 2. The van der Waals surface area contributed by atoms with Crippen molar-refractivity contribution in [2.45, 2.75) is 6.04 Å². The minimum absolute atomic E-state index is 0.144. The van der Waals surface area contributed by atoms with Gasteiger partial charge in [0.25, 0.3) is 5.91 Å². The van der Waals surface area contributed by atoms with Crippen LogP contribution in [-0.2, 0) is 0 Å². The molecule has 0 aliphatic carbocycles. The molecule has 0 unspecified atom stereocenters. The van der Waals surface area contributed by atoms with Gasteiger partial charge in [-0.3, -0.25) is 4.79 Å². The number of nitrogens with zero attached hydrogens (tertiary/aromatic N) is 1. The highest BCUT2D eigenvalue weighted by Gasteiger charge is 2.15. The number of aliphatic hydroxyl groups is 1. The largest absolute Gasteiger partial charge is 0.394 e. The van der Waals surface area contributed by atoms with Crippen LogP contribution < -0.4 is 5.32 Å². The lowest BCUT2D eigenvalue weighted by Gasteiger charge is -2.16. The van der Waals surface area contributed by atoms with E-state index in [-0.39, 0.29) is 28.3 Å². The molecule has 0 radical (unpaired) electrons. The van der Waals surface area contributed by atoms with Crippen LogP contribution in [0, 0.1) is 0 Å². The molecule has 1 aromatic carbocycles. The zero-order chi connectivity index (χ0) is 14.5. The van der Waals surface area contributed by atoms with E-state index < -0.39 is 6.04 Å². The first-order valence-electron chi connectivity index (χ1n) is 5.89. The zero-order valence-electron chi connectivity index (χ0n) is 10.4. The molecule has 2 rings (SSSR count). The van der Waals surface area contributed by atoms with Crippen molar-refractivity contribution in [3.8, 4) is 0 Å². The SMILES string of the molecule is O=C(N[C@@H](CO)c1ccccc1)c1cnc(Cl)c(Cl)c1. The van der Waals surface area contributed by atoms with E-state index in [9.17, 15) is 9.90 Å². The van der Waals surface area contributed by atoms with Gasteiger partial charge in [-0.1, -0.05) is 53.5 Å². The predicted octanol–water partition coefficient (Wildman–Crippen LogP) is 2.85. The first-order chi connectivity index (χ1) is 9.61. The summed E-state index contributed by atoms with van der Waals surface area (Å²) < 4.78 is 0. The summed E-state index contributed by atoms with van der Waals surface area (Å²) in [6, 6.07) is 10.1. The van der Waals surface area contributed by atoms with Gasteiger partial charge in [-0.25, -0.2) is 4.98 Å². The quantitative estimate of drug-likeness (QED) is 0.854. The molecule has 0 fully saturated rings. The molecule has 2 N–H and O–H groups in total. The van der Waals surface area contributed by atoms with E-state index in [2.05, 4.69) is 10.3 Å². The average Bonchev–Trinajstić information content (AvgIpc) is 2.48. The average molecular weight is 311 g/mol. The second-order valence-electron chi connectivity index (χ2n) is 4.12. The van der Waals surface area contributed by atoms with E-state index in [4.69, 9.17) is 23.2 Å². The van der Waals surface area contributed by atoms with Crippen LogP contribution >= 0.6 is 23.2 Å². The van der Waals surface area contributed by atoms with Gasteiger partial charge < -0.3 is 10.4 Å². The Balaban J connectivity index is 2.15. The fourth-order valence-electron chi connectivity index (χ4n) is 1.71. The zero-order valence-corrected chi connectivity index (χ0v) is 11.9. The molecule has 20 heavy (non-hydrogen) atoms. The molecule has 1 atom stereocenters. The van der Waals surface area contributed by atoms with Crippen LogP contribution in [0.2, 0.25) is 10.2 Å². The van der Waals surface area contributed by atoms with Gasteiger partial charge in [0.15, 0.2) is 0 Å². The van der Waals surface area contributed by atoms with Gasteiger partial charge in [-0.05, 0) is 11.6 Å². The normalized spacial score (nSPS) is 11.9. The molecular formula is C14H12Cl2N2O2. The number of nitrogens with one attached hydrogen (secondary N) is 1. The summed E-state index contributed by atoms with van der Waals surface area (Å²) in [5.74, 6) is -0.376. The molecule has 0 aliphatic rings. The van der Waals surface area contributed by atoms with Crippen molar-refractivity contribution in [2.75, 3.05) is 6.61 Å². The Morgan fingerprint density at radius 1 is 1.30 bits per heavy atom. The fourth-order valence-corrected chi connectivity index (χ4v) is 1.98. The Morgan fingerprint density at radius 2 is 2.00 bits per heavy atom. The number of carbonyl (C=O) groups excluding carboxylic acids is 1. The van der Waals surface area contributed by atoms with Crippen molar-refractivity contribution in [1.82, 2.24) is 10.3 Å². The Bertz CT molecular complexity index is 605. The molecule has 1 heterocycles. The number of hydrogen-bond donors (Lipinski definition) is 2. The number of benzene rings is 1. The number of carbonyl (C=O) groups is 1. The van der Waals surface area contributed by atoms with Crippen molar-refractivity contribution < 1.29 is 9.90 Å². The maximum Gasteiger partial charge on any atom is 0.253 e. The van der Waals surface area contributed by atoms with Crippen molar-refractivity contribution in [2.24, 2.45) is 0 Å². The van der Waals surface area contributed by atoms with Gasteiger partial charge in [-0.2, -0.15) is 0 Å². The third-order valence-corrected chi connectivity index (χ3v) is 3.43. The van der Waals surface area contributed by atoms with Crippen molar-refractivity contribution >= 4 is 29.1 Å². The van der Waals surface area contributed by atoms with Crippen LogP contribution in [0.3, 0.4) is 0 Å². The van der Waals surface area contributed by atoms with Gasteiger partial charge in [0.2, 0.25) is 0 Å². The van der Waals surface area contributed by atoms with E-state index in [0.717, 1.165) is 5.56 Å². The van der Waals surface area contributed by atoms with Crippen LogP contribution in [0.4, 0.5) is 0 Å². The summed E-state index contributed by atoms with van der Waals surface area (Å²) in [7, 11) is 0. The predicted molar refractivity (Wildman–Crippen MR) is 78.0 cm³/mol. The number of aromatic nitrogens is 1. The first kappa shape index (κ1) is 14.8. The highest BCUT2D eigenvalue weighted by atomic mass is 35.5. The topological polar surface area (TPSA) is 62.2 Å². The minimum atomic E-state index is -0.488. The Kier molecular flexibility index (Phi) is 4.95. The van der Waals surface area contributed by atoms with Crippen LogP contribution in [0.1, 0.15) is 22.0 Å². The molecule has 0 bridgehead atoms. The van der Waals surface area contributed by atoms with Crippen LogP contribution in [0.5, 0.6) is 0 Å². The number of pyridine rings is 1. The number of aliphatic hydroxyl groups excluding tert-OH is 1. The van der Waals surface area contributed by atoms with E-state index >= 15 is 0 Å². The molecule has 104 valence electrons. The lowest BCUT2D eigenvalue weighted by Crippen LogP contribution is -2.30. The fraction of sp³-hybridized carbons (Fsp3) is 0.143. The molecule has 0 spiro atoms. The highest BCUT2D eigenvalue weighted by molar-refractivity contribution is 6.41. The highest BCUT2D eigenvalue weighted by Crippen LogP contribution is 2.20. The van der Waals surface area contributed by atoms with Gasteiger partial charge >= 0.3 is 0 Å². The van der Waals surface area contributed by atoms with Gasteiger partial charge in [-0.15, -0.1) is 0 Å². The van der Waals surface area contributed by atoms with Crippen LogP contribution in [0.25, 0.3) is 0 Å². The van der Waals surface area contributed by atoms with E-state index in [1.54, 1.807) is 0 Å². The van der Waals surface area contributed by atoms with Gasteiger partial charge in [0.1, 0.15) is 5.15 Å². The molecular weight excluding hydrogens is 299 g/mol. The molecule has 1 aromatic heterocycles. The molecule has 0 aliphatic heterocycles. The molecule has 4 nitrogen and oxygen atoms in total. The van der Waals surface area contributed by atoms with E-state index in [1.807, 2.05) is 30.3 Å². The Hall–Kier alpha value is -1.62. The smallest absolute Gasteiger partial charge is 0.253 e. The maximum atomic E-state index is 12.1. The molecule has 0 saturated heterocycles. The maximum absolute atomic E-state index is 12.1. The summed E-state index contributed by atoms with van der Waals surface area (Å²) in [5.41, 5.74) is 1.10. The van der Waals surface area contributed by atoms with Crippen molar-refractivity contribution in [3.63, 3.8) is 0 Å². The summed E-state index contributed by atoms with van der Waals surface area (Å²) in [5, 5.41) is 12.5. The number of amides is 1. The van der Waals surface area contributed by atoms with Crippen LogP contribution in [0.15, 0.2) is 42.6 Å². The molecule has 2 aromatic rings. The third kappa shape index (κ3) is 3.48. The Labute approximate surface area is 126 Å². The number of hydrogen-bond acceptors (Lipinski definition) is 3. The van der Waals surface area contributed by atoms with Crippen molar-refractivity contribution in [1.29, 1.82) is 0 Å². The Morgan fingerprint density at radius 3 is 2.60 bits per heavy atom. The van der Waals surface area contributed by atoms with Crippen LogP contribution in [-0.4, -0.2) is 22.6 Å².